The predicted molar refractivity (Wildman–Crippen MR) is 59.9 cm³/mol. The van der Waals surface area contributed by atoms with E-state index < -0.39 is 0 Å². The van der Waals surface area contributed by atoms with E-state index in [2.05, 4.69) is 22.2 Å². The summed E-state index contributed by atoms with van der Waals surface area (Å²) in [5.41, 5.74) is 5.77. The number of nitrogens with two attached hydrogens (primary N) is 1. The van der Waals surface area contributed by atoms with E-state index in [-0.39, 0.29) is 5.54 Å². The van der Waals surface area contributed by atoms with Crippen molar-refractivity contribution < 1.29 is 0 Å². The fourth-order valence-corrected chi connectivity index (χ4v) is 2.25. The number of aryl methyl sites for hydroxylation is 1. The Bertz CT molecular complexity index is 470. The van der Waals surface area contributed by atoms with E-state index in [1.54, 1.807) is 4.52 Å². The van der Waals surface area contributed by atoms with Gasteiger partial charge in [0.1, 0.15) is 5.01 Å². The van der Waals surface area contributed by atoms with Crippen LogP contribution in [0.1, 0.15) is 38.0 Å². The lowest BCUT2D eigenvalue weighted by Crippen LogP contribution is -2.32. The Hall–Kier alpha value is -1.01. The molecule has 0 amide bonds. The zero-order chi connectivity index (χ0) is 11.1. The van der Waals surface area contributed by atoms with Crippen LogP contribution in [-0.2, 0) is 12.0 Å². The fraction of sp³-hybridized carbons (Fsp3) is 0.667. The molecule has 1 unspecified atom stereocenters. The van der Waals surface area contributed by atoms with Gasteiger partial charge in [0, 0.05) is 6.42 Å². The molecule has 0 aliphatic heterocycles. The van der Waals surface area contributed by atoms with Gasteiger partial charge in [-0.25, -0.2) is 0 Å². The van der Waals surface area contributed by atoms with Gasteiger partial charge in [-0.05, 0) is 13.3 Å². The van der Waals surface area contributed by atoms with E-state index in [0.717, 1.165) is 28.6 Å². The van der Waals surface area contributed by atoms with Crippen LogP contribution in [0.2, 0.25) is 0 Å². The first kappa shape index (κ1) is 10.5. The van der Waals surface area contributed by atoms with E-state index in [1.807, 2.05) is 13.8 Å². The highest BCUT2D eigenvalue weighted by molar-refractivity contribution is 7.16. The Morgan fingerprint density at radius 2 is 2.13 bits per heavy atom. The molecule has 0 spiro atoms. The number of hydrogen-bond donors (Lipinski definition) is 1. The first-order valence-corrected chi connectivity index (χ1v) is 5.90. The fourth-order valence-electron chi connectivity index (χ4n) is 1.26. The maximum atomic E-state index is 6.14. The van der Waals surface area contributed by atoms with Crippen molar-refractivity contribution in [1.29, 1.82) is 0 Å². The number of rotatable bonds is 3. The monoisotopic (exact) mass is 225 g/mol. The van der Waals surface area contributed by atoms with E-state index in [0.29, 0.717) is 0 Å². The molecule has 0 fully saturated rings. The summed E-state index contributed by atoms with van der Waals surface area (Å²) in [6.07, 6.45) is 1.69. The Kier molecular flexibility index (Phi) is 2.47. The van der Waals surface area contributed by atoms with Crippen LogP contribution >= 0.6 is 11.3 Å². The lowest BCUT2D eigenvalue weighted by molar-refractivity contribution is 0.466. The third kappa shape index (κ3) is 1.63. The number of fused-ring (bicyclic) bond motifs is 1. The van der Waals surface area contributed by atoms with Crippen molar-refractivity contribution >= 4 is 16.3 Å². The quantitative estimate of drug-likeness (QED) is 0.855. The largest absolute Gasteiger partial charge is 0.320 e. The normalized spacial score (nSPS) is 15.7. The van der Waals surface area contributed by atoms with Crippen molar-refractivity contribution in [3.63, 3.8) is 0 Å². The number of aromatic nitrogens is 4. The van der Waals surface area contributed by atoms with Gasteiger partial charge in [-0.15, -0.1) is 10.2 Å². The predicted octanol–water partition coefficient (Wildman–Crippen LogP) is 1.33. The van der Waals surface area contributed by atoms with Crippen LogP contribution < -0.4 is 5.73 Å². The minimum Gasteiger partial charge on any atom is -0.320 e. The van der Waals surface area contributed by atoms with Gasteiger partial charge in [-0.2, -0.15) is 9.61 Å². The lowest BCUT2D eigenvalue weighted by atomic mass is 10.0. The van der Waals surface area contributed by atoms with Crippen LogP contribution in [0.3, 0.4) is 0 Å². The third-order valence-corrected chi connectivity index (χ3v) is 3.77. The van der Waals surface area contributed by atoms with Gasteiger partial charge in [0.15, 0.2) is 5.82 Å². The maximum Gasteiger partial charge on any atom is 0.234 e. The van der Waals surface area contributed by atoms with Gasteiger partial charge < -0.3 is 5.73 Å². The summed E-state index contributed by atoms with van der Waals surface area (Å²) in [5.74, 6) is 0.888. The second-order valence-corrected chi connectivity index (χ2v) is 4.80. The summed E-state index contributed by atoms with van der Waals surface area (Å²) in [6, 6.07) is 0. The van der Waals surface area contributed by atoms with Gasteiger partial charge in [0.2, 0.25) is 4.96 Å². The standard InChI is InChI=1S/C9H15N5S/c1-4-6-11-12-8-14(6)13-7(15-8)9(3,10)5-2/h4-5,10H2,1-3H3. The van der Waals surface area contributed by atoms with Gasteiger partial charge in [-0.1, -0.05) is 25.2 Å². The smallest absolute Gasteiger partial charge is 0.234 e. The van der Waals surface area contributed by atoms with E-state index in [4.69, 9.17) is 5.73 Å². The van der Waals surface area contributed by atoms with E-state index >= 15 is 0 Å². The molecule has 0 bridgehead atoms. The SMILES string of the molecule is CCc1nnc2sc(C(C)(N)CC)nn12. The zero-order valence-corrected chi connectivity index (χ0v) is 10.0. The molecule has 0 aliphatic rings. The number of hydrogen-bond acceptors (Lipinski definition) is 5. The summed E-state index contributed by atoms with van der Waals surface area (Å²) >= 11 is 1.52. The average Bonchev–Trinajstić information content (AvgIpc) is 2.76. The minimum atomic E-state index is -0.365. The molecule has 2 rings (SSSR count). The van der Waals surface area contributed by atoms with Crippen molar-refractivity contribution in [1.82, 2.24) is 19.8 Å². The van der Waals surface area contributed by atoms with Gasteiger partial charge >= 0.3 is 0 Å². The third-order valence-electron chi connectivity index (χ3n) is 2.59. The van der Waals surface area contributed by atoms with Crippen molar-refractivity contribution in [2.24, 2.45) is 5.73 Å². The van der Waals surface area contributed by atoms with E-state index in [9.17, 15) is 0 Å². The molecule has 82 valence electrons. The van der Waals surface area contributed by atoms with Crippen molar-refractivity contribution in [3.05, 3.63) is 10.8 Å². The topological polar surface area (TPSA) is 69.1 Å². The minimum absolute atomic E-state index is 0.365. The van der Waals surface area contributed by atoms with Crippen molar-refractivity contribution in [2.75, 3.05) is 0 Å². The van der Waals surface area contributed by atoms with Crippen molar-refractivity contribution in [2.45, 2.75) is 39.2 Å². The molecular weight excluding hydrogens is 210 g/mol. The highest BCUT2D eigenvalue weighted by Crippen LogP contribution is 2.26. The van der Waals surface area contributed by atoms with Crippen LogP contribution in [0.25, 0.3) is 4.96 Å². The molecule has 2 aromatic heterocycles. The molecule has 0 aliphatic carbocycles. The van der Waals surface area contributed by atoms with E-state index in [1.165, 1.54) is 11.3 Å². The Balaban J connectivity index is 2.52. The van der Waals surface area contributed by atoms with Crippen LogP contribution in [0, 0.1) is 0 Å². The average molecular weight is 225 g/mol. The maximum absolute atomic E-state index is 6.14. The summed E-state index contributed by atoms with van der Waals surface area (Å²) in [5, 5.41) is 13.5. The molecule has 15 heavy (non-hydrogen) atoms. The molecule has 2 heterocycles. The first-order valence-electron chi connectivity index (χ1n) is 5.09. The van der Waals surface area contributed by atoms with Gasteiger partial charge in [0.25, 0.3) is 0 Å². The summed E-state index contributed by atoms with van der Waals surface area (Å²) in [7, 11) is 0. The number of nitrogens with zero attached hydrogens (tertiary/aromatic N) is 4. The van der Waals surface area contributed by atoms with Gasteiger partial charge in [0.05, 0.1) is 5.54 Å². The zero-order valence-electron chi connectivity index (χ0n) is 9.19. The second-order valence-electron chi connectivity index (χ2n) is 3.84. The molecule has 0 saturated carbocycles. The molecular formula is C9H15N5S. The molecule has 2 aromatic rings. The van der Waals surface area contributed by atoms with Crippen LogP contribution in [0.5, 0.6) is 0 Å². The first-order chi connectivity index (χ1) is 7.08. The molecule has 2 N–H and O–H groups in total. The van der Waals surface area contributed by atoms with Crippen LogP contribution in [-0.4, -0.2) is 19.8 Å². The summed E-state index contributed by atoms with van der Waals surface area (Å²) < 4.78 is 1.79. The second kappa shape index (κ2) is 3.53. The van der Waals surface area contributed by atoms with Crippen molar-refractivity contribution in [3.8, 4) is 0 Å². The Morgan fingerprint density at radius 1 is 1.40 bits per heavy atom. The molecule has 0 radical (unpaired) electrons. The van der Waals surface area contributed by atoms with Gasteiger partial charge in [-0.3, -0.25) is 0 Å². The molecule has 0 saturated heterocycles. The highest BCUT2D eigenvalue weighted by Gasteiger charge is 2.24. The van der Waals surface area contributed by atoms with Crippen LogP contribution in [0.15, 0.2) is 0 Å². The molecule has 1 atom stereocenters. The summed E-state index contributed by atoms with van der Waals surface area (Å²) in [6.45, 7) is 6.09. The molecule has 6 heteroatoms. The highest BCUT2D eigenvalue weighted by atomic mass is 32.1. The summed E-state index contributed by atoms with van der Waals surface area (Å²) in [4.78, 5) is 0.826. The molecule has 0 aromatic carbocycles. The molecule has 5 nitrogen and oxygen atoms in total. The Labute approximate surface area is 92.3 Å². The van der Waals surface area contributed by atoms with Crippen LogP contribution in [0.4, 0.5) is 0 Å². The lowest BCUT2D eigenvalue weighted by Gasteiger charge is -2.18. The Morgan fingerprint density at radius 3 is 2.73 bits per heavy atom.